The fourth-order valence-electron chi connectivity index (χ4n) is 10.3. The second-order valence-corrected chi connectivity index (χ2v) is 28.3. The summed E-state index contributed by atoms with van der Waals surface area (Å²) in [4.78, 5) is 58.5. The van der Waals surface area contributed by atoms with Crippen molar-refractivity contribution in [3.05, 3.63) is 85.1 Å². The monoisotopic (exact) mass is 1380 g/mol. The third-order valence-corrected chi connectivity index (χ3v) is 18.0. The number of unbranched alkanes of at least 4 members (excludes halogenated alkanes) is 35. The summed E-state index contributed by atoms with van der Waals surface area (Å²) in [5.74, 6) is -1.57. The molecule has 0 aromatic rings. The summed E-state index contributed by atoms with van der Waals surface area (Å²) in [6.45, 7) is 2.57. The van der Waals surface area contributed by atoms with Crippen LogP contribution in [0.5, 0.6) is 0 Å². The zero-order valence-electron chi connectivity index (χ0n) is 60.1. The molecule has 18 heteroatoms. The van der Waals surface area contributed by atoms with Gasteiger partial charge in [0.1, 0.15) is 25.4 Å². The molecule has 0 aliphatic heterocycles. The quantitative estimate of drug-likeness (QED) is 0.0146. The van der Waals surface area contributed by atoms with Crippen LogP contribution >= 0.6 is 15.6 Å². The number of rotatable bonds is 72. The molecule has 0 amide bonds. The van der Waals surface area contributed by atoms with Gasteiger partial charge in [0.05, 0.1) is 26.4 Å². The number of phosphoric ester groups is 2. The number of hydrogen-bond donors (Lipinski definition) is 4. The molecule has 95 heavy (non-hydrogen) atoms. The van der Waals surface area contributed by atoms with Gasteiger partial charge in [-0.3, -0.25) is 32.5 Å². The van der Waals surface area contributed by atoms with E-state index in [9.17, 15) is 43.5 Å². The lowest BCUT2D eigenvalue weighted by Gasteiger charge is -2.21. The zero-order chi connectivity index (χ0) is 69.5. The molecule has 0 spiro atoms. The van der Waals surface area contributed by atoms with Crippen molar-refractivity contribution in [2.75, 3.05) is 39.6 Å². The molecular weight excluding hydrogens is 1240 g/mol. The Balaban J connectivity index is 4.52. The van der Waals surface area contributed by atoms with Crippen molar-refractivity contribution in [3.63, 3.8) is 0 Å². The van der Waals surface area contributed by atoms with Crippen LogP contribution in [0.1, 0.15) is 329 Å². The van der Waals surface area contributed by atoms with Gasteiger partial charge in [-0.15, -0.1) is 0 Å². The Bertz CT molecular complexity index is 2070. The minimum absolute atomic E-state index is 0.107. The highest BCUT2D eigenvalue weighted by atomic mass is 31.2. The van der Waals surface area contributed by atoms with E-state index in [1.807, 2.05) is 0 Å². The van der Waals surface area contributed by atoms with Crippen molar-refractivity contribution in [3.8, 4) is 0 Å². The maximum atomic E-state index is 12.9. The molecule has 0 aromatic carbocycles. The van der Waals surface area contributed by atoms with Crippen LogP contribution in [0.3, 0.4) is 0 Å². The predicted molar refractivity (Wildman–Crippen MR) is 390 cm³/mol. The number of aliphatic hydroxyl groups is 2. The first-order chi connectivity index (χ1) is 46.2. The number of esters is 3. The molecule has 0 aromatic heterocycles. The summed E-state index contributed by atoms with van der Waals surface area (Å²) >= 11 is 0. The fraction of sp³-hybridized carbons (Fsp3) is 0.779. The normalized spacial score (nSPS) is 14.6. The van der Waals surface area contributed by atoms with Crippen molar-refractivity contribution in [2.45, 2.75) is 347 Å². The van der Waals surface area contributed by atoms with Gasteiger partial charge in [0.15, 0.2) is 6.10 Å². The van der Waals surface area contributed by atoms with E-state index in [2.05, 4.69) is 106 Å². The van der Waals surface area contributed by atoms with Gasteiger partial charge in [0, 0.05) is 19.3 Å². The highest BCUT2D eigenvalue weighted by Gasteiger charge is 2.29. The maximum absolute atomic E-state index is 12.9. The maximum Gasteiger partial charge on any atom is 0.472 e. The molecule has 0 heterocycles. The minimum atomic E-state index is -4.92. The molecule has 0 radical (unpaired) electrons. The van der Waals surface area contributed by atoms with Gasteiger partial charge < -0.3 is 34.2 Å². The SMILES string of the molecule is CC/C=C\C/C=C\C/C=C\CCCCCCCCCC(=O)OCC(COP(=O)(O)OCC(O)COP(=O)(O)OCC(O)COC(=O)CCCCCCCCCCCCC/C=C\C/C=C\C/C=C\C/C=C\CCCCC)OC(=O)CCCCCCCCCCCCCCCCC. The molecule has 0 aliphatic rings. The van der Waals surface area contributed by atoms with Gasteiger partial charge in [-0.25, -0.2) is 9.13 Å². The van der Waals surface area contributed by atoms with Crippen molar-refractivity contribution in [2.24, 2.45) is 0 Å². The Morgan fingerprint density at radius 2 is 0.558 bits per heavy atom. The Hall–Kier alpha value is -3.27. The average Bonchev–Trinajstić information content (AvgIpc) is 2.44. The highest BCUT2D eigenvalue weighted by molar-refractivity contribution is 7.47. The first-order valence-electron chi connectivity index (χ1n) is 37.9. The summed E-state index contributed by atoms with van der Waals surface area (Å²) < 4.78 is 61.1. The molecular formula is C77H138O16P2. The van der Waals surface area contributed by atoms with Crippen LogP contribution in [-0.4, -0.2) is 95.9 Å². The summed E-state index contributed by atoms with van der Waals surface area (Å²) in [5.41, 5.74) is 0. The minimum Gasteiger partial charge on any atom is -0.463 e. The van der Waals surface area contributed by atoms with E-state index in [1.54, 1.807) is 0 Å². The summed E-state index contributed by atoms with van der Waals surface area (Å²) in [7, 11) is -9.78. The lowest BCUT2D eigenvalue weighted by Crippen LogP contribution is -2.30. The topological polar surface area (TPSA) is 231 Å². The van der Waals surface area contributed by atoms with E-state index >= 15 is 0 Å². The number of hydrogen-bond acceptors (Lipinski definition) is 14. The highest BCUT2D eigenvalue weighted by Crippen LogP contribution is 2.45. The van der Waals surface area contributed by atoms with Crippen LogP contribution in [0.25, 0.3) is 0 Å². The predicted octanol–water partition coefficient (Wildman–Crippen LogP) is 21.7. The van der Waals surface area contributed by atoms with E-state index in [1.165, 1.54) is 135 Å². The van der Waals surface area contributed by atoms with Gasteiger partial charge in [-0.2, -0.15) is 0 Å². The van der Waals surface area contributed by atoms with Gasteiger partial charge in [0.2, 0.25) is 0 Å². The molecule has 0 saturated heterocycles. The van der Waals surface area contributed by atoms with Crippen molar-refractivity contribution in [1.29, 1.82) is 0 Å². The fourth-order valence-corrected chi connectivity index (χ4v) is 11.9. The van der Waals surface area contributed by atoms with E-state index < -0.39 is 91.5 Å². The smallest absolute Gasteiger partial charge is 0.463 e. The summed E-state index contributed by atoms with van der Waals surface area (Å²) in [5, 5.41) is 20.6. The van der Waals surface area contributed by atoms with E-state index in [0.29, 0.717) is 19.3 Å². The van der Waals surface area contributed by atoms with Crippen LogP contribution in [0.15, 0.2) is 85.1 Å². The van der Waals surface area contributed by atoms with Gasteiger partial charge in [-0.05, 0) is 96.3 Å². The third-order valence-electron chi connectivity index (χ3n) is 16.1. The standard InChI is InChI=1S/C77H138O16P2/c1-4-7-10-13-16-19-22-25-28-30-31-32-33-34-35-36-37-38-39-41-44-45-48-51-54-57-60-63-75(80)87-66-72(78)67-89-94(83,84)90-68-73(79)69-91-95(85,86)92-71-74(93-77(82)65-62-59-56-53-50-47-42-27-24-21-18-15-12-9-6-3)70-88-76(81)64-61-58-55-52-49-46-43-40-29-26-23-20-17-14-11-8-5-2/h8,11,16-17,19-20,25-26,28-29,31-32,34-35,72-74,78-79H,4-7,9-10,12-15,18,21-24,27,30,33,36-71H2,1-3H3,(H,83,84)(H,85,86)/b11-8-,19-16-,20-17-,28-25-,29-26-,32-31-,35-34-. The second kappa shape index (κ2) is 70.6. The first-order valence-corrected chi connectivity index (χ1v) is 40.9. The van der Waals surface area contributed by atoms with Crippen LogP contribution < -0.4 is 0 Å². The van der Waals surface area contributed by atoms with Gasteiger partial charge >= 0.3 is 33.6 Å². The number of ether oxygens (including phenoxy) is 3. The molecule has 0 fully saturated rings. The lowest BCUT2D eigenvalue weighted by molar-refractivity contribution is -0.161. The van der Waals surface area contributed by atoms with Crippen LogP contribution in [0, 0.1) is 0 Å². The third kappa shape index (κ3) is 71.8. The molecule has 0 bridgehead atoms. The Morgan fingerprint density at radius 1 is 0.305 bits per heavy atom. The van der Waals surface area contributed by atoms with E-state index in [0.717, 1.165) is 135 Å². The van der Waals surface area contributed by atoms with Gasteiger partial charge in [-0.1, -0.05) is 298 Å². The molecule has 0 aliphatic carbocycles. The second-order valence-electron chi connectivity index (χ2n) is 25.4. The lowest BCUT2D eigenvalue weighted by atomic mass is 10.0. The Labute approximate surface area is 578 Å². The molecule has 4 N–H and O–H groups in total. The molecule has 0 saturated carbocycles. The van der Waals surface area contributed by atoms with Crippen molar-refractivity contribution >= 4 is 33.6 Å². The summed E-state index contributed by atoms with van der Waals surface area (Å²) in [6.07, 6.45) is 77.7. The zero-order valence-corrected chi connectivity index (χ0v) is 61.9. The average molecular weight is 1380 g/mol. The summed E-state index contributed by atoms with van der Waals surface area (Å²) in [6, 6.07) is 0. The molecule has 16 nitrogen and oxygen atoms in total. The number of carbonyl (C=O) groups is 3. The number of carbonyl (C=O) groups excluding carboxylic acids is 3. The number of aliphatic hydroxyl groups excluding tert-OH is 2. The first kappa shape index (κ1) is 91.7. The number of allylic oxidation sites excluding steroid dienone is 14. The molecule has 0 rings (SSSR count). The van der Waals surface area contributed by atoms with Crippen LogP contribution in [0.2, 0.25) is 0 Å². The Kier molecular flexibility index (Phi) is 68.2. The van der Waals surface area contributed by atoms with Crippen molar-refractivity contribution < 1.29 is 75.8 Å². The van der Waals surface area contributed by atoms with Crippen LogP contribution in [0.4, 0.5) is 0 Å². The van der Waals surface area contributed by atoms with Gasteiger partial charge in [0.25, 0.3) is 0 Å². The Morgan fingerprint density at radius 3 is 0.905 bits per heavy atom. The molecule has 5 atom stereocenters. The molecule has 5 unspecified atom stereocenters. The number of phosphoric acid groups is 2. The van der Waals surface area contributed by atoms with Crippen molar-refractivity contribution in [1.82, 2.24) is 0 Å². The largest absolute Gasteiger partial charge is 0.472 e. The van der Waals surface area contributed by atoms with E-state index in [4.69, 9.17) is 32.3 Å². The van der Waals surface area contributed by atoms with E-state index in [-0.39, 0.29) is 19.3 Å². The molecule has 552 valence electrons. The van der Waals surface area contributed by atoms with Crippen LogP contribution in [-0.2, 0) is 55.8 Å².